The van der Waals surface area contributed by atoms with Gasteiger partial charge in [0.15, 0.2) is 0 Å². The van der Waals surface area contributed by atoms with E-state index in [-0.39, 0.29) is 12.5 Å². The number of hydrogen-bond donors (Lipinski definition) is 0. The monoisotopic (exact) mass is 378 g/mol. The second-order valence-electron chi connectivity index (χ2n) is 6.46. The highest BCUT2D eigenvalue weighted by Crippen LogP contribution is 2.33. The maximum absolute atomic E-state index is 12.8. The van der Waals surface area contributed by atoms with Gasteiger partial charge in [-0.25, -0.2) is 0 Å². The van der Waals surface area contributed by atoms with Crippen LogP contribution in [0.3, 0.4) is 0 Å². The second-order valence-corrected chi connectivity index (χ2v) is 7.45. The summed E-state index contributed by atoms with van der Waals surface area (Å²) in [7, 11) is 0. The molecule has 2 aliphatic heterocycles. The number of rotatable bonds is 3. The van der Waals surface area contributed by atoms with Crippen molar-refractivity contribution in [1.82, 2.24) is 4.90 Å². The van der Waals surface area contributed by atoms with Crippen LogP contribution in [0.2, 0.25) is 0 Å². The molecule has 4 rings (SSSR count). The van der Waals surface area contributed by atoms with E-state index < -0.39 is 11.1 Å². The lowest BCUT2D eigenvalue weighted by molar-refractivity contribution is -0.128. The van der Waals surface area contributed by atoms with Crippen LogP contribution in [0.5, 0.6) is 0 Å². The van der Waals surface area contributed by atoms with Crippen LogP contribution in [0, 0.1) is 0 Å². The number of anilines is 1. The van der Waals surface area contributed by atoms with Gasteiger partial charge in [-0.3, -0.25) is 19.3 Å². The highest BCUT2D eigenvalue weighted by molar-refractivity contribution is 8.18. The van der Waals surface area contributed by atoms with E-state index >= 15 is 0 Å². The fraction of sp³-hybridized carbons (Fsp3) is 0.190. The van der Waals surface area contributed by atoms with Crippen LogP contribution in [0.15, 0.2) is 59.5 Å². The minimum Gasteiger partial charge on any atom is -0.311 e. The second kappa shape index (κ2) is 7.40. The number of aryl methyl sites for hydroxylation is 1. The molecular formula is C21H18N2O3S. The molecule has 0 bridgehead atoms. The number of hydrogen-bond acceptors (Lipinski definition) is 4. The number of para-hydroxylation sites is 1. The van der Waals surface area contributed by atoms with Crippen LogP contribution in [0.4, 0.5) is 10.5 Å². The van der Waals surface area contributed by atoms with E-state index in [1.807, 2.05) is 54.6 Å². The molecule has 2 aliphatic rings. The number of imide groups is 1. The lowest BCUT2D eigenvalue weighted by atomic mass is 10.0. The molecule has 6 heteroatoms. The molecule has 0 spiro atoms. The summed E-state index contributed by atoms with van der Waals surface area (Å²) in [5.41, 5.74) is 2.84. The average molecular weight is 378 g/mol. The van der Waals surface area contributed by atoms with Crippen LogP contribution >= 0.6 is 11.8 Å². The molecule has 0 unspecified atom stereocenters. The number of nitrogens with zero attached hydrogens (tertiary/aromatic N) is 2. The van der Waals surface area contributed by atoms with Gasteiger partial charge in [-0.15, -0.1) is 0 Å². The Morgan fingerprint density at radius 3 is 2.59 bits per heavy atom. The summed E-state index contributed by atoms with van der Waals surface area (Å²) in [5.74, 6) is -0.641. The topological polar surface area (TPSA) is 57.7 Å². The van der Waals surface area contributed by atoms with E-state index in [0.29, 0.717) is 11.4 Å². The van der Waals surface area contributed by atoms with E-state index in [2.05, 4.69) is 0 Å². The van der Waals surface area contributed by atoms with E-state index in [1.165, 1.54) is 0 Å². The molecule has 0 saturated carbocycles. The Bertz CT molecular complexity index is 939. The van der Waals surface area contributed by atoms with Crippen LogP contribution < -0.4 is 4.90 Å². The number of benzene rings is 2. The number of thioether (sulfide) groups is 1. The summed E-state index contributed by atoms with van der Waals surface area (Å²) in [4.78, 5) is 40.8. The zero-order valence-electron chi connectivity index (χ0n) is 14.6. The van der Waals surface area contributed by atoms with Gasteiger partial charge >= 0.3 is 0 Å². The Hall–Kier alpha value is -2.86. The Balaban J connectivity index is 1.52. The summed E-state index contributed by atoms with van der Waals surface area (Å²) in [6, 6.07) is 17.1. The molecule has 0 radical (unpaired) electrons. The molecule has 1 saturated heterocycles. The third-order valence-electron chi connectivity index (χ3n) is 4.68. The number of carbonyl (C=O) groups excluding carboxylic acids is 3. The summed E-state index contributed by atoms with van der Waals surface area (Å²) < 4.78 is 0. The van der Waals surface area contributed by atoms with Crippen molar-refractivity contribution < 1.29 is 14.4 Å². The van der Waals surface area contributed by atoms with Crippen molar-refractivity contribution in [3.8, 4) is 0 Å². The van der Waals surface area contributed by atoms with Gasteiger partial charge in [-0.1, -0.05) is 48.5 Å². The molecule has 0 N–H and O–H groups in total. The Labute approximate surface area is 161 Å². The third kappa shape index (κ3) is 3.53. The van der Waals surface area contributed by atoms with Gasteiger partial charge in [0.25, 0.3) is 11.1 Å². The molecule has 27 heavy (non-hydrogen) atoms. The van der Waals surface area contributed by atoms with Crippen molar-refractivity contribution >= 4 is 40.6 Å². The normalized spacial score (nSPS) is 18.1. The van der Waals surface area contributed by atoms with Gasteiger partial charge in [-0.2, -0.15) is 0 Å². The largest absolute Gasteiger partial charge is 0.311 e. The van der Waals surface area contributed by atoms with E-state index in [1.54, 1.807) is 11.0 Å². The number of amides is 3. The number of carbonyl (C=O) groups is 3. The Kier molecular flexibility index (Phi) is 4.81. The van der Waals surface area contributed by atoms with Crippen molar-refractivity contribution in [2.75, 3.05) is 18.0 Å². The van der Waals surface area contributed by atoms with Crippen LogP contribution in [0.1, 0.15) is 17.5 Å². The molecule has 2 aromatic carbocycles. The summed E-state index contributed by atoms with van der Waals surface area (Å²) in [5, 5.41) is -0.402. The van der Waals surface area contributed by atoms with Crippen molar-refractivity contribution in [2.45, 2.75) is 12.8 Å². The Morgan fingerprint density at radius 2 is 1.78 bits per heavy atom. The fourth-order valence-corrected chi connectivity index (χ4v) is 4.19. The first-order valence-corrected chi connectivity index (χ1v) is 9.64. The molecular weight excluding hydrogens is 360 g/mol. The zero-order chi connectivity index (χ0) is 18.8. The van der Waals surface area contributed by atoms with Gasteiger partial charge < -0.3 is 4.90 Å². The number of fused-ring (bicyclic) bond motifs is 1. The molecule has 2 heterocycles. The van der Waals surface area contributed by atoms with Crippen molar-refractivity contribution in [2.24, 2.45) is 0 Å². The summed E-state index contributed by atoms with van der Waals surface area (Å²) in [6.07, 6.45) is 3.49. The first kappa shape index (κ1) is 17.5. The van der Waals surface area contributed by atoms with Gasteiger partial charge in [0, 0.05) is 12.2 Å². The standard InChI is InChI=1S/C21H18N2O3S/c24-19(22-12-6-10-16-9-4-5-11-17(16)22)14-23-20(25)18(27-21(23)26)13-15-7-2-1-3-8-15/h1-5,7-9,11,13H,6,10,12,14H2/b18-13+. The van der Waals surface area contributed by atoms with Gasteiger partial charge in [0.2, 0.25) is 5.91 Å². The Morgan fingerprint density at radius 1 is 1.04 bits per heavy atom. The quantitative estimate of drug-likeness (QED) is 0.764. The van der Waals surface area contributed by atoms with Gasteiger partial charge in [-0.05, 0) is 47.9 Å². The molecule has 0 atom stereocenters. The highest BCUT2D eigenvalue weighted by atomic mass is 32.2. The summed E-state index contributed by atoms with van der Waals surface area (Å²) in [6.45, 7) is 0.372. The average Bonchev–Trinajstić information content (AvgIpc) is 2.95. The lowest BCUT2D eigenvalue weighted by Crippen LogP contribution is -2.44. The van der Waals surface area contributed by atoms with E-state index in [9.17, 15) is 14.4 Å². The van der Waals surface area contributed by atoms with Crippen LogP contribution in [-0.2, 0) is 16.0 Å². The fourth-order valence-electron chi connectivity index (χ4n) is 3.35. The molecule has 1 fully saturated rings. The highest BCUT2D eigenvalue weighted by Gasteiger charge is 2.37. The minimum absolute atomic E-state index is 0.231. The predicted molar refractivity (Wildman–Crippen MR) is 106 cm³/mol. The molecule has 0 aromatic heterocycles. The van der Waals surface area contributed by atoms with Crippen molar-refractivity contribution in [1.29, 1.82) is 0 Å². The maximum atomic E-state index is 12.8. The molecule has 136 valence electrons. The van der Waals surface area contributed by atoms with Crippen molar-refractivity contribution in [3.63, 3.8) is 0 Å². The molecule has 3 amide bonds. The third-order valence-corrected chi connectivity index (χ3v) is 5.58. The van der Waals surface area contributed by atoms with Gasteiger partial charge in [0.05, 0.1) is 4.91 Å². The first-order chi connectivity index (χ1) is 13.1. The predicted octanol–water partition coefficient (Wildman–Crippen LogP) is 3.70. The molecule has 0 aliphatic carbocycles. The lowest BCUT2D eigenvalue weighted by Gasteiger charge is -2.30. The van der Waals surface area contributed by atoms with Crippen molar-refractivity contribution in [3.05, 3.63) is 70.6 Å². The summed E-state index contributed by atoms with van der Waals surface area (Å²) >= 11 is 0.879. The van der Waals surface area contributed by atoms with Crippen LogP contribution in [0.25, 0.3) is 6.08 Å². The zero-order valence-corrected chi connectivity index (χ0v) is 15.4. The molecule has 2 aromatic rings. The minimum atomic E-state index is -0.410. The van der Waals surface area contributed by atoms with Crippen LogP contribution in [-0.4, -0.2) is 35.0 Å². The smallest absolute Gasteiger partial charge is 0.294 e. The molecule has 5 nitrogen and oxygen atoms in total. The van der Waals surface area contributed by atoms with E-state index in [4.69, 9.17) is 0 Å². The van der Waals surface area contributed by atoms with E-state index in [0.717, 1.165) is 46.3 Å². The van der Waals surface area contributed by atoms with Gasteiger partial charge in [0.1, 0.15) is 6.54 Å². The first-order valence-electron chi connectivity index (χ1n) is 8.82. The maximum Gasteiger partial charge on any atom is 0.294 e. The SMILES string of the molecule is O=C1S/C(=C/c2ccccc2)C(=O)N1CC(=O)N1CCCc2ccccc21.